The lowest BCUT2D eigenvalue weighted by molar-refractivity contribution is 0.534. The lowest BCUT2D eigenvalue weighted by Gasteiger charge is -2.16. The van der Waals surface area contributed by atoms with Crippen LogP contribution in [0.2, 0.25) is 5.02 Å². The van der Waals surface area contributed by atoms with Crippen molar-refractivity contribution in [3.05, 3.63) is 34.3 Å². The number of halogens is 2. The van der Waals surface area contributed by atoms with Gasteiger partial charge in [-0.2, -0.15) is 0 Å². The molecule has 94 valence electrons. The molecule has 0 saturated carbocycles. The largest absolute Gasteiger partial charge is 0.352 e. The SMILES string of the molecule is Cc1ccc(Cl)cc1CNC1=NCCN1C.I. The average Bonchev–Trinajstić information content (AvgIpc) is 2.66. The molecular formula is C12H17ClIN3. The van der Waals surface area contributed by atoms with Crippen LogP contribution in [-0.4, -0.2) is 31.0 Å². The first-order chi connectivity index (χ1) is 7.66. The number of nitrogens with one attached hydrogen (secondary N) is 1. The fourth-order valence-electron chi connectivity index (χ4n) is 1.73. The van der Waals surface area contributed by atoms with Crippen molar-refractivity contribution in [2.75, 3.05) is 20.1 Å². The molecule has 1 aliphatic rings. The van der Waals surface area contributed by atoms with Gasteiger partial charge in [0.2, 0.25) is 0 Å². The van der Waals surface area contributed by atoms with E-state index >= 15 is 0 Å². The Morgan fingerprint density at radius 1 is 1.47 bits per heavy atom. The van der Waals surface area contributed by atoms with Crippen LogP contribution in [0.1, 0.15) is 11.1 Å². The Bertz CT molecular complexity index is 420. The number of hydrogen-bond donors (Lipinski definition) is 1. The highest BCUT2D eigenvalue weighted by molar-refractivity contribution is 14.0. The molecule has 1 N–H and O–H groups in total. The van der Waals surface area contributed by atoms with Crippen molar-refractivity contribution >= 4 is 41.5 Å². The molecule has 0 atom stereocenters. The van der Waals surface area contributed by atoms with E-state index in [0.717, 1.165) is 30.6 Å². The highest BCUT2D eigenvalue weighted by Crippen LogP contribution is 2.15. The summed E-state index contributed by atoms with van der Waals surface area (Å²) in [5.74, 6) is 0.972. The van der Waals surface area contributed by atoms with Crippen LogP contribution in [0.5, 0.6) is 0 Å². The van der Waals surface area contributed by atoms with Gasteiger partial charge >= 0.3 is 0 Å². The number of likely N-dealkylation sites (N-methyl/N-ethyl adjacent to an activating group) is 1. The fourth-order valence-corrected chi connectivity index (χ4v) is 1.92. The lowest BCUT2D eigenvalue weighted by atomic mass is 10.1. The maximum absolute atomic E-state index is 5.97. The second-order valence-electron chi connectivity index (χ2n) is 4.05. The van der Waals surface area contributed by atoms with Gasteiger partial charge in [0.1, 0.15) is 0 Å². The molecule has 0 saturated heterocycles. The second kappa shape index (κ2) is 6.44. The van der Waals surface area contributed by atoms with Gasteiger partial charge in [-0.1, -0.05) is 17.7 Å². The molecule has 0 amide bonds. The van der Waals surface area contributed by atoms with Crippen molar-refractivity contribution in [2.45, 2.75) is 13.5 Å². The summed E-state index contributed by atoms with van der Waals surface area (Å²) >= 11 is 5.97. The highest BCUT2D eigenvalue weighted by Gasteiger charge is 2.11. The summed E-state index contributed by atoms with van der Waals surface area (Å²) in [7, 11) is 2.05. The first kappa shape index (κ1) is 14.6. The van der Waals surface area contributed by atoms with Crippen LogP contribution in [0.3, 0.4) is 0 Å². The van der Waals surface area contributed by atoms with Crippen LogP contribution >= 0.6 is 35.6 Å². The third kappa shape index (κ3) is 3.74. The molecule has 0 aliphatic carbocycles. The van der Waals surface area contributed by atoms with Gasteiger partial charge in [0.25, 0.3) is 0 Å². The van der Waals surface area contributed by atoms with Crippen LogP contribution in [0.4, 0.5) is 0 Å². The zero-order chi connectivity index (χ0) is 11.5. The van der Waals surface area contributed by atoms with Crippen LogP contribution in [0, 0.1) is 6.92 Å². The number of aryl methyl sites for hydroxylation is 1. The number of hydrogen-bond acceptors (Lipinski definition) is 3. The second-order valence-corrected chi connectivity index (χ2v) is 4.49. The van der Waals surface area contributed by atoms with Gasteiger partial charge in [0, 0.05) is 25.2 Å². The van der Waals surface area contributed by atoms with Crippen molar-refractivity contribution in [1.82, 2.24) is 10.2 Å². The standard InChI is InChI=1S/C12H16ClN3.HI/c1-9-3-4-11(13)7-10(9)8-15-12-14-5-6-16(12)2;/h3-4,7H,5-6,8H2,1-2H3,(H,14,15);1H. The molecule has 0 spiro atoms. The summed E-state index contributed by atoms with van der Waals surface area (Å²) in [5.41, 5.74) is 2.47. The minimum atomic E-state index is 0. The van der Waals surface area contributed by atoms with E-state index in [0.29, 0.717) is 0 Å². The molecule has 0 radical (unpaired) electrons. The zero-order valence-corrected chi connectivity index (χ0v) is 13.1. The molecule has 0 unspecified atom stereocenters. The highest BCUT2D eigenvalue weighted by atomic mass is 127. The Labute approximate surface area is 124 Å². The normalized spacial score (nSPS) is 14.3. The molecular weight excluding hydrogens is 349 g/mol. The molecule has 2 rings (SSSR count). The molecule has 0 fully saturated rings. The average molecular weight is 366 g/mol. The summed E-state index contributed by atoms with van der Waals surface area (Å²) in [6, 6.07) is 5.96. The third-order valence-corrected chi connectivity index (χ3v) is 3.04. The van der Waals surface area contributed by atoms with E-state index in [9.17, 15) is 0 Å². The molecule has 3 nitrogen and oxygen atoms in total. The zero-order valence-electron chi connectivity index (χ0n) is 10.0. The summed E-state index contributed by atoms with van der Waals surface area (Å²) in [5, 5.41) is 4.11. The van der Waals surface area contributed by atoms with Crippen molar-refractivity contribution in [2.24, 2.45) is 4.99 Å². The van der Waals surface area contributed by atoms with Gasteiger partial charge in [-0.25, -0.2) is 0 Å². The fraction of sp³-hybridized carbons (Fsp3) is 0.417. The molecule has 0 aromatic heterocycles. The van der Waals surface area contributed by atoms with E-state index in [1.807, 2.05) is 25.2 Å². The van der Waals surface area contributed by atoms with E-state index in [4.69, 9.17) is 11.6 Å². The third-order valence-electron chi connectivity index (χ3n) is 2.81. The van der Waals surface area contributed by atoms with Crippen LogP contribution < -0.4 is 5.32 Å². The van der Waals surface area contributed by atoms with Crippen molar-refractivity contribution < 1.29 is 0 Å². The van der Waals surface area contributed by atoms with Gasteiger partial charge < -0.3 is 10.2 Å². The van der Waals surface area contributed by atoms with Gasteiger partial charge in [-0.15, -0.1) is 24.0 Å². The van der Waals surface area contributed by atoms with Gasteiger partial charge in [0.05, 0.1) is 6.54 Å². The van der Waals surface area contributed by atoms with Gasteiger partial charge in [-0.3, -0.25) is 4.99 Å². The van der Waals surface area contributed by atoms with Crippen LogP contribution in [0.15, 0.2) is 23.2 Å². The minimum absolute atomic E-state index is 0. The maximum Gasteiger partial charge on any atom is 0.194 e. The molecule has 0 bridgehead atoms. The number of aliphatic imine (C=N–C) groups is 1. The van der Waals surface area contributed by atoms with Crippen LogP contribution in [-0.2, 0) is 6.54 Å². The Morgan fingerprint density at radius 3 is 2.88 bits per heavy atom. The Morgan fingerprint density at radius 2 is 2.24 bits per heavy atom. The van der Waals surface area contributed by atoms with Crippen LogP contribution in [0.25, 0.3) is 0 Å². The predicted molar refractivity (Wildman–Crippen MR) is 83.4 cm³/mol. The monoisotopic (exact) mass is 365 g/mol. The van der Waals surface area contributed by atoms with E-state index in [1.165, 1.54) is 11.1 Å². The number of nitrogens with zero attached hydrogens (tertiary/aromatic N) is 2. The number of rotatable bonds is 2. The molecule has 1 aromatic carbocycles. The molecule has 1 heterocycles. The van der Waals surface area contributed by atoms with E-state index in [-0.39, 0.29) is 24.0 Å². The topological polar surface area (TPSA) is 27.6 Å². The first-order valence-corrected chi connectivity index (χ1v) is 5.79. The molecule has 5 heteroatoms. The Kier molecular flexibility index (Phi) is 5.52. The maximum atomic E-state index is 5.97. The van der Waals surface area contributed by atoms with E-state index < -0.39 is 0 Å². The van der Waals surface area contributed by atoms with Gasteiger partial charge in [-0.05, 0) is 30.2 Å². The minimum Gasteiger partial charge on any atom is -0.352 e. The van der Waals surface area contributed by atoms with Crippen molar-refractivity contribution in [1.29, 1.82) is 0 Å². The predicted octanol–water partition coefficient (Wildman–Crippen LogP) is 2.66. The Hall–Kier alpha value is -0.490. The summed E-state index contributed by atoms with van der Waals surface area (Å²) in [4.78, 5) is 6.51. The van der Waals surface area contributed by atoms with Gasteiger partial charge in [0.15, 0.2) is 5.96 Å². The Balaban J connectivity index is 0.00000144. The molecule has 1 aromatic rings. The van der Waals surface area contributed by atoms with Crippen molar-refractivity contribution in [3.63, 3.8) is 0 Å². The van der Waals surface area contributed by atoms with Crippen molar-refractivity contribution in [3.8, 4) is 0 Å². The lowest BCUT2D eigenvalue weighted by Crippen LogP contribution is -2.35. The molecule has 17 heavy (non-hydrogen) atoms. The van der Waals surface area contributed by atoms with E-state index in [1.54, 1.807) is 0 Å². The summed E-state index contributed by atoms with van der Waals surface area (Å²) < 4.78 is 0. The van der Waals surface area contributed by atoms with E-state index in [2.05, 4.69) is 22.1 Å². The number of guanidine groups is 1. The quantitative estimate of drug-likeness (QED) is 0.816. The summed E-state index contributed by atoms with van der Waals surface area (Å²) in [6.07, 6.45) is 0. The first-order valence-electron chi connectivity index (χ1n) is 5.41. The molecule has 1 aliphatic heterocycles. The summed E-state index contributed by atoms with van der Waals surface area (Å²) in [6.45, 7) is 4.74. The number of benzene rings is 1. The smallest absolute Gasteiger partial charge is 0.194 e.